The van der Waals surface area contributed by atoms with Crippen molar-refractivity contribution in [1.82, 2.24) is 15.3 Å². The molecule has 0 saturated heterocycles. The Balaban J connectivity index is 1.72. The maximum atomic E-state index is 12.6. The SMILES string of the molecule is CCC[C@H](NC(=O)c1sccc1C)C(=O)Nc1nc2ccccc2[nH]1. The molecule has 0 aliphatic rings. The molecule has 1 aromatic carbocycles. The monoisotopic (exact) mass is 356 g/mol. The summed E-state index contributed by atoms with van der Waals surface area (Å²) in [7, 11) is 0. The summed E-state index contributed by atoms with van der Waals surface area (Å²) in [6.45, 7) is 3.86. The number of amides is 2. The summed E-state index contributed by atoms with van der Waals surface area (Å²) >= 11 is 1.37. The predicted molar refractivity (Wildman–Crippen MR) is 99.9 cm³/mol. The highest BCUT2D eigenvalue weighted by atomic mass is 32.1. The summed E-state index contributed by atoms with van der Waals surface area (Å²) in [4.78, 5) is 33.0. The Bertz CT molecular complexity index is 866. The van der Waals surface area contributed by atoms with E-state index in [4.69, 9.17) is 0 Å². The van der Waals surface area contributed by atoms with Crippen molar-refractivity contribution in [3.63, 3.8) is 0 Å². The van der Waals surface area contributed by atoms with Gasteiger partial charge < -0.3 is 10.3 Å². The number of aromatic amines is 1. The second-order valence-corrected chi connectivity index (χ2v) is 6.76. The number of nitrogens with zero attached hydrogens (tertiary/aromatic N) is 1. The van der Waals surface area contributed by atoms with Gasteiger partial charge in [0.2, 0.25) is 11.9 Å². The molecule has 1 atom stereocenters. The number of anilines is 1. The molecule has 0 saturated carbocycles. The number of H-pyrrole nitrogens is 1. The van der Waals surface area contributed by atoms with Crippen molar-refractivity contribution < 1.29 is 9.59 Å². The third-order valence-electron chi connectivity index (χ3n) is 3.90. The topological polar surface area (TPSA) is 86.9 Å². The lowest BCUT2D eigenvalue weighted by Crippen LogP contribution is -2.43. The molecule has 2 heterocycles. The molecule has 0 aliphatic carbocycles. The van der Waals surface area contributed by atoms with Crippen LogP contribution in [0.5, 0.6) is 0 Å². The molecule has 3 rings (SSSR count). The number of carbonyl (C=O) groups excluding carboxylic acids is 2. The van der Waals surface area contributed by atoms with Gasteiger partial charge in [0.05, 0.1) is 15.9 Å². The number of fused-ring (bicyclic) bond motifs is 1. The highest BCUT2D eigenvalue weighted by Gasteiger charge is 2.22. The number of nitrogens with one attached hydrogen (secondary N) is 3. The van der Waals surface area contributed by atoms with Gasteiger partial charge in [0.25, 0.3) is 5.91 Å². The number of imidazole rings is 1. The maximum Gasteiger partial charge on any atom is 0.262 e. The molecule has 3 aromatic rings. The minimum absolute atomic E-state index is 0.217. The zero-order valence-electron chi connectivity index (χ0n) is 14.1. The lowest BCUT2D eigenvalue weighted by atomic mass is 10.1. The molecule has 0 radical (unpaired) electrons. The van der Waals surface area contributed by atoms with Crippen LogP contribution in [0.15, 0.2) is 35.7 Å². The van der Waals surface area contributed by atoms with Crippen molar-refractivity contribution in [3.05, 3.63) is 46.2 Å². The van der Waals surface area contributed by atoms with E-state index in [2.05, 4.69) is 20.6 Å². The number of thiophene rings is 1. The Morgan fingerprint density at radius 2 is 2.08 bits per heavy atom. The highest BCUT2D eigenvalue weighted by molar-refractivity contribution is 7.12. The largest absolute Gasteiger partial charge is 0.340 e. The molecule has 130 valence electrons. The Labute approximate surface area is 149 Å². The third-order valence-corrected chi connectivity index (χ3v) is 4.91. The molecular weight excluding hydrogens is 336 g/mol. The second-order valence-electron chi connectivity index (χ2n) is 5.84. The van der Waals surface area contributed by atoms with Gasteiger partial charge >= 0.3 is 0 Å². The zero-order valence-corrected chi connectivity index (χ0v) is 14.9. The Morgan fingerprint density at radius 3 is 2.76 bits per heavy atom. The van der Waals surface area contributed by atoms with Crippen molar-refractivity contribution in [2.24, 2.45) is 0 Å². The van der Waals surface area contributed by atoms with Crippen molar-refractivity contribution >= 4 is 40.1 Å². The molecule has 0 fully saturated rings. The molecule has 0 aliphatic heterocycles. The Hall–Kier alpha value is -2.67. The van der Waals surface area contributed by atoms with Crippen molar-refractivity contribution in [2.75, 3.05) is 5.32 Å². The molecule has 0 unspecified atom stereocenters. The summed E-state index contributed by atoms with van der Waals surface area (Å²) in [6.07, 6.45) is 1.34. The molecular formula is C18H20N4O2S. The molecule has 6 nitrogen and oxygen atoms in total. The molecule has 7 heteroatoms. The molecule has 3 N–H and O–H groups in total. The number of aromatic nitrogens is 2. The van der Waals surface area contributed by atoms with E-state index in [9.17, 15) is 9.59 Å². The summed E-state index contributed by atoms with van der Waals surface area (Å²) in [5.74, 6) is -0.108. The van der Waals surface area contributed by atoms with Gasteiger partial charge in [0, 0.05) is 0 Å². The number of aryl methyl sites for hydroxylation is 1. The van der Waals surface area contributed by atoms with E-state index >= 15 is 0 Å². The standard InChI is InChI=1S/C18H20N4O2S/c1-3-6-14(19-17(24)15-11(2)9-10-25-15)16(23)22-18-20-12-7-4-5-8-13(12)21-18/h4-5,7-10,14H,3,6H2,1-2H3,(H,19,24)(H2,20,21,22,23)/t14-/m0/s1. The van der Waals surface area contributed by atoms with Crippen molar-refractivity contribution in [1.29, 1.82) is 0 Å². The lowest BCUT2D eigenvalue weighted by Gasteiger charge is -2.16. The van der Waals surface area contributed by atoms with Crippen LogP contribution >= 0.6 is 11.3 Å². The fourth-order valence-corrected chi connectivity index (χ4v) is 3.43. The number of rotatable bonds is 6. The van der Waals surface area contributed by atoms with Crippen LogP contribution in [0.1, 0.15) is 35.0 Å². The number of hydrogen-bond acceptors (Lipinski definition) is 4. The zero-order chi connectivity index (χ0) is 17.8. The van der Waals surface area contributed by atoms with E-state index in [1.54, 1.807) is 0 Å². The smallest absolute Gasteiger partial charge is 0.262 e. The van der Waals surface area contributed by atoms with Crippen LogP contribution in [0.25, 0.3) is 11.0 Å². The molecule has 25 heavy (non-hydrogen) atoms. The quantitative estimate of drug-likeness (QED) is 0.632. The van der Waals surface area contributed by atoms with E-state index in [1.807, 2.05) is 49.6 Å². The van der Waals surface area contributed by atoms with Crippen LogP contribution in [0.3, 0.4) is 0 Å². The first-order chi connectivity index (χ1) is 12.1. The van der Waals surface area contributed by atoms with Crippen molar-refractivity contribution in [3.8, 4) is 0 Å². The summed E-state index contributed by atoms with van der Waals surface area (Å²) < 4.78 is 0. The highest BCUT2D eigenvalue weighted by Crippen LogP contribution is 2.17. The van der Waals surface area contributed by atoms with Gasteiger partial charge in [-0.25, -0.2) is 4.98 Å². The van der Waals surface area contributed by atoms with E-state index in [0.717, 1.165) is 23.0 Å². The van der Waals surface area contributed by atoms with Crippen LogP contribution in [0, 0.1) is 6.92 Å². The average molecular weight is 356 g/mol. The minimum atomic E-state index is -0.604. The van der Waals surface area contributed by atoms with Crippen molar-refractivity contribution in [2.45, 2.75) is 32.7 Å². The van der Waals surface area contributed by atoms with E-state index in [-0.39, 0.29) is 11.8 Å². The Kier molecular flexibility index (Phi) is 5.14. The van der Waals surface area contributed by atoms with Gasteiger partial charge in [-0.1, -0.05) is 25.5 Å². The number of para-hydroxylation sites is 2. The van der Waals surface area contributed by atoms with Gasteiger partial charge in [-0.3, -0.25) is 14.9 Å². The normalized spacial score (nSPS) is 12.1. The van der Waals surface area contributed by atoms with E-state index in [0.29, 0.717) is 17.2 Å². The summed E-state index contributed by atoms with van der Waals surface area (Å²) in [6, 6.07) is 8.83. The minimum Gasteiger partial charge on any atom is -0.340 e. The summed E-state index contributed by atoms with van der Waals surface area (Å²) in [5, 5.41) is 7.47. The third kappa shape index (κ3) is 3.88. The first-order valence-corrected chi connectivity index (χ1v) is 9.07. The van der Waals surface area contributed by atoms with E-state index in [1.165, 1.54) is 11.3 Å². The fraction of sp³-hybridized carbons (Fsp3) is 0.278. The molecule has 0 bridgehead atoms. The van der Waals surface area contributed by atoms with Crippen LogP contribution in [0.4, 0.5) is 5.95 Å². The second kappa shape index (κ2) is 7.48. The first-order valence-electron chi connectivity index (χ1n) is 8.19. The average Bonchev–Trinajstić information content (AvgIpc) is 3.19. The Morgan fingerprint density at radius 1 is 1.28 bits per heavy atom. The maximum absolute atomic E-state index is 12.6. The van der Waals surface area contributed by atoms with E-state index < -0.39 is 6.04 Å². The number of benzene rings is 1. The van der Waals surface area contributed by atoms with Gasteiger partial charge in [0.1, 0.15) is 6.04 Å². The number of carbonyl (C=O) groups is 2. The van der Waals surface area contributed by atoms with Gasteiger partial charge in [0.15, 0.2) is 0 Å². The van der Waals surface area contributed by atoms with Crippen LogP contribution < -0.4 is 10.6 Å². The van der Waals surface area contributed by atoms with Crippen LogP contribution in [-0.2, 0) is 4.79 Å². The summed E-state index contributed by atoms with van der Waals surface area (Å²) in [5.41, 5.74) is 2.54. The first kappa shape index (κ1) is 17.2. The predicted octanol–water partition coefficient (Wildman–Crippen LogP) is 3.47. The molecule has 2 amide bonds. The van der Waals surface area contributed by atoms with Gasteiger partial charge in [-0.2, -0.15) is 0 Å². The van der Waals surface area contributed by atoms with Crippen LogP contribution in [-0.4, -0.2) is 27.8 Å². The van der Waals surface area contributed by atoms with Gasteiger partial charge in [-0.05, 0) is 42.5 Å². The van der Waals surface area contributed by atoms with Gasteiger partial charge in [-0.15, -0.1) is 11.3 Å². The fourth-order valence-electron chi connectivity index (χ4n) is 2.60. The molecule has 0 spiro atoms. The number of hydrogen-bond donors (Lipinski definition) is 3. The molecule has 2 aromatic heterocycles. The van der Waals surface area contributed by atoms with Crippen LogP contribution in [0.2, 0.25) is 0 Å². The lowest BCUT2D eigenvalue weighted by molar-refractivity contribution is -0.118.